The van der Waals surface area contributed by atoms with Gasteiger partial charge in [-0.3, -0.25) is 4.79 Å². The molecule has 1 atom stereocenters. The number of carbonyl (C=O) groups excluding carboxylic acids is 1. The van der Waals surface area contributed by atoms with Gasteiger partial charge in [-0.25, -0.2) is 9.50 Å². The monoisotopic (exact) mass is 378 g/mol. The Morgan fingerprint density at radius 1 is 1.33 bits per heavy atom. The molecule has 1 amide bonds. The van der Waals surface area contributed by atoms with Crippen LogP contribution < -0.4 is 5.32 Å². The molecule has 0 spiro atoms. The number of rotatable bonds is 4. The van der Waals surface area contributed by atoms with Crippen LogP contribution >= 0.6 is 0 Å². The smallest absolute Gasteiger partial charge is 0.408 e. The van der Waals surface area contributed by atoms with Crippen molar-refractivity contribution in [3.05, 3.63) is 41.4 Å². The van der Waals surface area contributed by atoms with Crippen LogP contribution in [-0.4, -0.2) is 32.7 Å². The molecule has 1 saturated carbocycles. The zero-order valence-corrected chi connectivity index (χ0v) is 14.7. The Kier molecular flexibility index (Phi) is 3.97. The van der Waals surface area contributed by atoms with E-state index in [1.165, 1.54) is 10.7 Å². The summed E-state index contributed by atoms with van der Waals surface area (Å²) in [6, 6.07) is 3.42. The SMILES string of the molecule is Cc1ccc(-c2cc(C)c3ncc(C(=O)N[C@@H](C4CC4)C(F)(F)F)n3n2)o1. The summed E-state index contributed by atoms with van der Waals surface area (Å²) in [5.41, 5.74) is 1.55. The normalized spacial score (nSPS) is 15.9. The minimum Gasteiger partial charge on any atom is -0.460 e. The molecule has 0 bridgehead atoms. The van der Waals surface area contributed by atoms with Crippen molar-refractivity contribution in [2.24, 2.45) is 5.92 Å². The molecule has 9 heteroatoms. The Morgan fingerprint density at radius 3 is 2.67 bits per heavy atom. The Labute approximate surface area is 152 Å². The standard InChI is InChI=1S/C18H17F3N4O2/c1-9-7-12(14-6-3-10(2)27-14)24-25-13(8-22-16(9)25)17(26)23-15(11-4-5-11)18(19,20)21/h3,6-8,11,15H,4-5H2,1-2H3,(H,23,26)/t15-/m0/s1. The summed E-state index contributed by atoms with van der Waals surface area (Å²) in [4.78, 5) is 16.7. The van der Waals surface area contributed by atoms with Crippen LogP contribution in [0, 0.1) is 19.8 Å². The highest BCUT2D eigenvalue weighted by Gasteiger charge is 2.49. The number of nitrogens with zero attached hydrogens (tertiary/aromatic N) is 3. The van der Waals surface area contributed by atoms with Crippen molar-refractivity contribution in [1.82, 2.24) is 19.9 Å². The number of furan rings is 1. The fraction of sp³-hybridized carbons (Fsp3) is 0.389. The molecule has 0 radical (unpaired) electrons. The van der Waals surface area contributed by atoms with Gasteiger partial charge in [0, 0.05) is 0 Å². The van der Waals surface area contributed by atoms with Gasteiger partial charge in [0.25, 0.3) is 5.91 Å². The van der Waals surface area contributed by atoms with Crippen molar-refractivity contribution < 1.29 is 22.4 Å². The third-order valence-corrected chi connectivity index (χ3v) is 4.61. The molecule has 27 heavy (non-hydrogen) atoms. The molecule has 1 N–H and O–H groups in total. The van der Waals surface area contributed by atoms with E-state index in [-0.39, 0.29) is 5.69 Å². The Bertz CT molecular complexity index is 1020. The zero-order chi connectivity index (χ0) is 19.3. The van der Waals surface area contributed by atoms with Gasteiger partial charge in [0.05, 0.1) is 6.20 Å². The lowest BCUT2D eigenvalue weighted by molar-refractivity contribution is -0.158. The summed E-state index contributed by atoms with van der Waals surface area (Å²) in [5.74, 6) is -0.213. The van der Waals surface area contributed by atoms with E-state index in [4.69, 9.17) is 4.42 Å². The van der Waals surface area contributed by atoms with E-state index in [1.54, 1.807) is 32.0 Å². The highest BCUT2D eigenvalue weighted by molar-refractivity contribution is 5.93. The number of carbonyl (C=O) groups is 1. The molecular formula is C18H17F3N4O2. The van der Waals surface area contributed by atoms with Crippen molar-refractivity contribution in [3.63, 3.8) is 0 Å². The predicted molar refractivity (Wildman–Crippen MR) is 90.2 cm³/mol. The molecule has 6 nitrogen and oxygen atoms in total. The first-order valence-electron chi connectivity index (χ1n) is 8.54. The highest BCUT2D eigenvalue weighted by Crippen LogP contribution is 2.40. The van der Waals surface area contributed by atoms with Crippen LogP contribution in [0.15, 0.2) is 28.8 Å². The number of aryl methyl sites for hydroxylation is 2. The van der Waals surface area contributed by atoms with E-state index in [2.05, 4.69) is 15.4 Å². The molecule has 4 rings (SSSR count). The van der Waals surface area contributed by atoms with Crippen molar-refractivity contribution in [3.8, 4) is 11.5 Å². The van der Waals surface area contributed by atoms with E-state index in [0.717, 1.165) is 5.56 Å². The maximum atomic E-state index is 13.2. The zero-order valence-electron chi connectivity index (χ0n) is 14.7. The van der Waals surface area contributed by atoms with Gasteiger partial charge in [-0.1, -0.05) is 0 Å². The fourth-order valence-corrected chi connectivity index (χ4v) is 3.08. The lowest BCUT2D eigenvalue weighted by atomic mass is 10.1. The van der Waals surface area contributed by atoms with Crippen molar-refractivity contribution in [2.45, 2.75) is 38.9 Å². The first-order valence-corrected chi connectivity index (χ1v) is 8.54. The number of aromatic nitrogens is 3. The Hall–Kier alpha value is -2.84. The summed E-state index contributed by atoms with van der Waals surface area (Å²) in [7, 11) is 0. The van der Waals surface area contributed by atoms with Gasteiger partial charge in [0.2, 0.25) is 0 Å². The van der Waals surface area contributed by atoms with Gasteiger partial charge >= 0.3 is 6.18 Å². The number of halogens is 3. The second-order valence-electron chi connectivity index (χ2n) is 6.83. The van der Waals surface area contributed by atoms with Crippen LogP contribution in [0.3, 0.4) is 0 Å². The van der Waals surface area contributed by atoms with E-state index >= 15 is 0 Å². The average Bonchev–Trinajstić information content (AvgIpc) is 3.17. The van der Waals surface area contributed by atoms with Gasteiger partial charge in [-0.2, -0.15) is 18.3 Å². The number of nitrogens with one attached hydrogen (secondary N) is 1. The minimum absolute atomic E-state index is 0.0480. The highest BCUT2D eigenvalue weighted by atomic mass is 19.4. The molecule has 142 valence electrons. The van der Waals surface area contributed by atoms with Crippen LogP contribution in [0.25, 0.3) is 17.1 Å². The molecule has 0 unspecified atom stereocenters. The maximum Gasteiger partial charge on any atom is 0.408 e. The molecule has 3 aromatic heterocycles. The topological polar surface area (TPSA) is 72.4 Å². The molecule has 0 aliphatic heterocycles. The Balaban J connectivity index is 1.71. The molecule has 0 aromatic carbocycles. The quantitative estimate of drug-likeness (QED) is 0.752. The molecule has 1 aliphatic rings. The van der Waals surface area contributed by atoms with Gasteiger partial charge < -0.3 is 9.73 Å². The van der Waals surface area contributed by atoms with Crippen LogP contribution in [0.4, 0.5) is 13.2 Å². The molecular weight excluding hydrogens is 361 g/mol. The van der Waals surface area contributed by atoms with Gasteiger partial charge in [-0.05, 0) is 56.4 Å². The van der Waals surface area contributed by atoms with Crippen molar-refractivity contribution >= 4 is 11.6 Å². The first-order chi connectivity index (χ1) is 12.7. The van der Waals surface area contributed by atoms with E-state index in [9.17, 15) is 18.0 Å². The summed E-state index contributed by atoms with van der Waals surface area (Å²) in [6.45, 7) is 3.58. The van der Waals surface area contributed by atoms with E-state index < -0.39 is 24.0 Å². The molecule has 1 fully saturated rings. The second kappa shape index (κ2) is 6.11. The third kappa shape index (κ3) is 3.29. The lowest BCUT2D eigenvalue weighted by Crippen LogP contribution is -2.47. The number of amides is 1. The minimum atomic E-state index is -4.49. The number of hydrogen-bond donors (Lipinski definition) is 1. The average molecular weight is 378 g/mol. The summed E-state index contributed by atoms with van der Waals surface area (Å²) < 4.78 is 46.5. The molecule has 0 saturated heterocycles. The molecule has 1 aliphatic carbocycles. The number of alkyl halides is 3. The maximum absolute atomic E-state index is 13.2. The number of imidazole rings is 1. The van der Waals surface area contributed by atoms with Gasteiger partial charge in [-0.15, -0.1) is 0 Å². The summed E-state index contributed by atoms with van der Waals surface area (Å²) >= 11 is 0. The largest absolute Gasteiger partial charge is 0.460 e. The summed E-state index contributed by atoms with van der Waals surface area (Å²) in [6.07, 6.45) is -2.34. The van der Waals surface area contributed by atoms with E-state index in [1.807, 2.05) is 0 Å². The van der Waals surface area contributed by atoms with Gasteiger partial charge in [0.1, 0.15) is 17.5 Å². The van der Waals surface area contributed by atoms with Gasteiger partial charge in [0.15, 0.2) is 17.1 Å². The molecule has 3 aromatic rings. The van der Waals surface area contributed by atoms with E-state index in [0.29, 0.717) is 35.7 Å². The third-order valence-electron chi connectivity index (χ3n) is 4.61. The predicted octanol–water partition coefficient (Wildman–Crippen LogP) is 3.68. The number of hydrogen-bond acceptors (Lipinski definition) is 4. The van der Waals surface area contributed by atoms with Crippen molar-refractivity contribution in [1.29, 1.82) is 0 Å². The first kappa shape index (κ1) is 17.6. The van der Waals surface area contributed by atoms with Crippen LogP contribution in [0.1, 0.15) is 34.7 Å². The number of fused-ring (bicyclic) bond motifs is 1. The van der Waals surface area contributed by atoms with Crippen LogP contribution in [0.2, 0.25) is 0 Å². The van der Waals surface area contributed by atoms with Crippen molar-refractivity contribution in [2.75, 3.05) is 0 Å². The second-order valence-corrected chi connectivity index (χ2v) is 6.83. The Morgan fingerprint density at radius 2 is 2.07 bits per heavy atom. The summed E-state index contributed by atoms with van der Waals surface area (Å²) in [5, 5.41) is 6.46. The fourth-order valence-electron chi connectivity index (χ4n) is 3.08. The van der Waals surface area contributed by atoms with Crippen LogP contribution in [-0.2, 0) is 0 Å². The van der Waals surface area contributed by atoms with Crippen LogP contribution in [0.5, 0.6) is 0 Å². The molecule has 3 heterocycles. The lowest BCUT2D eigenvalue weighted by Gasteiger charge is -2.21.